The minimum atomic E-state index is -0.144. The monoisotopic (exact) mass is 434 g/mol. The molecule has 0 aliphatic heterocycles. The van der Waals surface area contributed by atoms with Crippen LogP contribution in [-0.4, -0.2) is 11.8 Å². The van der Waals surface area contributed by atoms with Gasteiger partial charge in [0.25, 0.3) is 5.91 Å². The minimum Gasteiger partial charge on any atom is -0.321 e. The van der Waals surface area contributed by atoms with E-state index in [0.29, 0.717) is 22.9 Å². The Bertz CT molecular complexity index is 1130. The summed E-state index contributed by atoms with van der Waals surface area (Å²) in [5, 5.41) is 8.90. The average Bonchev–Trinajstić information content (AvgIpc) is 3.10. The lowest BCUT2D eigenvalue weighted by Crippen LogP contribution is -2.27. The van der Waals surface area contributed by atoms with Gasteiger partial charge >= 0.3 is 0 Å². The highest BCUT2D eigenvalue weighted by Gasteiger charge is 2.34. The molecule has 2 aromatic carbocycles. The molecule has 0 saturated carbocycles. The highest BCUT2D eigenvalue weighted by molar-refractivity contribution is 7.17. The first kappa shape index (κ1) is 21.6. The van der Waals surface area contributed by atoms with Gasteiger partial charge in [-0.2, -0.15) is 0 Å². The Morgan fingerprint density at radius 2 is 1.81 bits per heavy atom. The van der Waals surface area contributed by atoms with E-state index in [1.165, 1.54) is 4.88 Å². The maximum atomic E-state index is 13.5. The maximum Gasteiger partial charge on any atom is 0.258 e. The normalized spacial score (nSPS) is 16.1. The molecule has 2 N–H and O–H groups in total. The molecule has 31 heavy (non-hydrogen) atoms. The molecular formula is C26H30N2O2S. The van der Waals surface area contributed by atoms with Crippen LogP contribution >= 0.6 is 11.3 Å². The molecule has 0 saturated heterocycles. The molecular weight excluding hydrogens is 404 g/mol. The van der Waals surface area contributed by atoms with E-state index in [9.17, 15) is 9.59 Å². The van der Waals surface area contributed by atoms with E-state index in [0.717, 1.165) is 41.3 Å². The fourth-order valence-electron chi connectivity index (χ4n) is 4.39. The number of carbonyl (C=O) groups excluding carboxylic acids is 2. The molecule has 1 heterocycles. The van der Waals surface area contributed by atoms with E-state index in [4.69, 9.17) is 0 Å². The molecule has 3 aromatic rings. The highest BCUT2D eigenvalue weighted by Crippen LogP contribution is 2.44. The van der Waals surface area contributed by atoms with Crippen LogP contribution in [0.5, 0.6) is 0 Å². The van der Waals surface area contributed by atoms with Crippen molar-refractivity contribution >= 4 is 44.6 Å². The third kappa shape index (κ3) is 4.38. The smallest absolute Gasteiger partial charge is 0.258 e. The Balaban J connectivity index is 1.71. The zero-order chi connectivity index (χ0) is 22.2. The molecule has 1 unspecified atom stereocenters. The fraction of sp³-hybridized carbons (Fsp3) is 0.385. The van der Waals surface area contributed by atoms with Crippen molar-refractivity contribution < 1.29 is 9.59 Å². The van der Waals surface area contributed by atoms with Crippen molar-refractivity contribution in [3.63, 3.8) is 0 Å². The number of hydrogen-bond donors (Lipinski definition) is 2. The second kappa shape index (κ2) is 8.46. The van der Waals surface area contributed by atoms with Crippen LogP contribution in [-0.2, 0) is 17.6 Å². The number of amides is 2. The molecule has 0 radical (unpaired) electrons. The lowest BCUT2D eigenvalue weighted by atomic mass is 9.72. The third-order valence-corrected chi connectivity index (χ3v) is 7.50. The fourth-order valence-corrected chi connectivity index (χ4v) is 5.73. The van der Waals surface area contributed by atoms with E-state index in [1.807, 2.05) is 49.4 Å². The summed E-state index contributed by atoms with van der Waals surface area (Å²) in [6.45, 7) is 8.67. The first-order valence-electron chi connectivity index (χ1n) is 11.0. The van der Waals surface area contributed by atoms with Gasteiger partial charge in [-0.3, -0.25) is 9.59 Å². The first-order valence-corrected chi connectivity index (χ1v) is 11.8. The van der Waals surface area contributed by atoms with Gasteiger partial charge in [0.05, 0.1) is 5.56 Å². The van der Waals surface area contributed by atoms with Crippen LogP contribution in [0, 0.1) is 11.3 Å². The molecule has 0 spiro atoms. The topological polar surface area (TPSA) is 58.2 Å². The van der Waals surface area contributed by atoms with Crippen molar-refractivity contribution in [2.24, 2.45) is 11.3 Å². The minimum absolute atomic E-state index is 0.0646. The largest absolute Gasteiger partial charge is 0.321 e. The lowest BCUT2D eigenvalue weighted by molar-refractivity contribution is -0.115. The van der Waals surface area contributed by atoms with Gasteiger partial charge in [-0.05, 0) is 47.6 Å². The number of nitrogens with one attached hydrogen (secondary N) is 2. The van der Waals surface area contributed by atoms with Crippen molar-refractivity contribution in [1.82, 2.24) is 0 Å². The second-order valence-corrected chi connectivity index (χ2v) is 10.5. The second-order valence-electron chi connectivity index (χ2n) is 9.40. The summed E-state index contributed by atoms with van der Waals surface area (Å²) in [5.41, 5.74) is 2.76. The standard InChI is InChI=1S/C26H30N2O2S/c1-5-22(29)28-25-23(19-14-13-17(26(2,3)4)15-21(19)31-25)24(30)27-20-12-8-10-16-9-6-7-11-18(16)20/h6-12,17H,5,13-15H2,1-4H3,(H,27,30)(H,28,29). The van der Waals surface area contributed by atoms with Gasteiger partial charge in [-0.15, -0.1) is 11.3 Å². The highest BCUT2D eigenvalue weighted by atomic mass is 32.1. The SMILES string of the molecule is CCC(=O)Nc1sc2c(c1C(=O)Nc1cccc3ccccc13)CCC(C(C)(C)C)C2. The molecule has 1 atom stereocenters. The van der Waals surface area contributed by atoms with Crippen molar-refractivity contribution in [2.75, 3.05) is 10.6 Å². The Kier molecular flexibility index (Phi) is 5.89. The Labute approximate surface area is 188 Å². The van der Waals surface area contributed by atoms with Crippen LogP contribution in [0.1, 0.15) is 61.3 Å². The van der Waals surface area contributed by atoms with Crippen molar-refractivity contribution in [2.45, 2.75) is 53.4 Å². The van der Waals surface area contributed by atoms with Crippen LogP contribution in [0.2, 0.25) is 0 Å². The summed E-state index contributed by atoms with van der Waals surface area (Å²) in [6.07, 6.45) is 3.27. The predicted octanol–water partition coefficient (Wildman–Crippen LogP) is 6.65. The molecule has 5 heteroatoms. The van der Waals surface area contributed by atoms with Crippen LogP contribution in [0.25, 0.3) is 10.8 Å². The van der Waals surface area contributed by atoms with Gasteiger partial charge in [0.15, 0.2) is 0 Å². The van der Waals surface area contributed by atoms with Crippen LogP contribution in [0.3, 0.4) is 0 Å². The molecule has 0 bridgehead atoms. The zero-order valence-electron chi connectivity index (χ0n) is 18.7. The summed E-state index contributed by atoms with van der Waals surface area (Å²) in [7, 11) is 0. The average molecular weight is 435 g/mol. The van der Waals surface area contributed by atoms with Crippen LogP contribution in [0.4, 0.5) is 10.7 Å². The van der Waals surface area contributed by atoms with E-state index < -0.39 is 0 Å². The van der Waals surface area contributed by atoms with Gasteiger partial charge < -0.3 is 10.6 Å². The Morgan fingerprint density at radius 3 is 2.55 bits per heavy atom. The summed E-state index contributed by atoms with van der Waals surface area (Å²) >= 11 is 1.58. The summed E-state index contributed by atoms with van der Waals surface area (Å²) < 4.78 is 0. The zero-order valence-corrected chi connectivity index (χ0v) is 19.5. The Morgan fingerprint density at radius 1 is 1.06 bits per heavy atom. The van der Waals surface area contributed by atoms with Crippen molar-refractivity contribution in [1.29, 1.82) is 0 Å². The van der Waals surface area contributed by atoms with E-state index >= 15 is 0 Å². The van der Waals surface area contributed by atoms with Gasteiger partial charge in [0.1, 0.15) is 5.00 Å². The molecule has 1 aliphatic carbocycles. The van der Waals surface area contributed by atoms with Crippen LogP contribution < -0.4 is 10.6 Å². The third-order valence-electron chi connectivity index (χ3n) is 6.33. The number of carbonyl (C=O) groups is 2. The molecule has 2 amide bonds. The Hall–Kier alpha value is -2.66. The summed E-state index contributed by atoms with van der Waals surface area (Å²) in [5.74, 6) is 0.363. The number of thiophene rings is 1. The summed E-state index contributed by atoms with van der Waals surface area (Å²) in [4.78, 5) is 26.9. The molecule has 4 nitrogen and oxygen atoms in total. The van der Waals surface area contributed by atoms with E-state index in [-0.39, 0.29) is 17.2 Å². The number of anilines is 2. The predicted molar refractivity (Wildman–Crippen MR) is 130 cm³/mol. The number of benzene rings is 2. The first-order chi connectivity index (χ1) is 14.8. The molecule has 0 fully saturated rings. The quantitative estimate of drug-likeness (QED) is 0.483. The summed E-state index contributed by atoms with van der Waals surface area (Å²) in [6, 6.07) is 13.9. The van der Waals surface area contributed by atoms with Gasteiger partial charge in [-0.1, -0.05) is 64.1 Å². The molecule has 1 aliphatic rings. The van der Waals surface area contributed by atoms with Gasteiger partial charge in [0.2, 0.25) is 5.91 Å². The molecule has 4 rings (SSSR count). The molecule has 162 valence electrons. The van der Waals surface area contributed by atoms with Crippen molar-refractivity contribution in [3.8, 4) is 0 Å². The number of hydrogen-bond acceptors (Lipinski definition) is 3. The maximum absolute atomic E-state index is 13.5. The van der Waals surface area contributed by atoms with Gasteiger partial charge in [0, 0.05) is 22.4 Å². The van der Waals surface area contributed by atoms with E-state index in [2.05, 4.69) is 31.4 Å². The molecule has 1 aromatic heterocycles. The van der Waals surface area contributed by atoms with Crippen molar-refractivity contribution in [3.05, 3.63) is 58.5 Å². The van der Waals surface area contributed by atoms with Crippen LogP contribution in [0.15, 0.2) is 42.5 Å². The lowest BCUT2D eigenvalue weighted by Gasteiger charge is -2.33. The number of fused-ring (bicyclic) bond motifs is 2. The van der Waals surface area contributed by atoms with Gasteiger partial charge in [-0.25, -0.2) is 0 Å². The number of rotatable bonds is 4. The van der Waals surface area contributed by atoms with E-state index in [1.54, 1.807) is 11.3 Å².